The van der Waals surface area contributed by atoms with Gasteiger partial charge in [-0.3, -0.25) is 4.79 Å². The first-order valence-corrected chi connectivity index (χ1v) is 4.42. The molecule has 0 aromatic rings. The molecule has 0 aromatic heterocycles. The molecule has 0 atom stereocenters. The van der Waals surface area contributed by atoms with Crippen LogP contribution in [0, 0.1) is 10.8 Å². The third-order valence-electron chi connectivity index (χ3n) is 3.23. The summed E-state index contributed by atoms with van der Waals surface area (Å²) in [6.07, 6.45) is 1.09. The van der Waals surface area contributed by atoms with Crippen LogP contribution in [0.15, 0.2) is 0 Å². The van der Waals surface area contributed by atoms with Crippen molar-refractivity contribution >= 4 is 6.47 Å². The molecule has 0 radical (unpaired) electrons. The second-order valence-corrected chi connectivity index (χ2v) is 4.53. The Labute approximate surface area is 75.3 Å². The molecule has 0 aliphatic carbocycles. The zero-order valence-electron chi connectivity index (χ0n) is 8.81. The van der Waals surface area contributed by atoms with E-state index in [1.54, 1.807) is 0 Å². The van der Waals surface area contributed by atoms with Crippen LogP contribution in [0.25, 0.3) is 0 Å². The van der Waals surface area contributed by atoms with Crippen molar-refractivity contribution < 1.29 is 9.53 Å². The molecule has 2 heteroatoms. The van der Waals surface area contributed by atoms with Crippen LogP contribution in [-0.4, -0.2) is 13.1 Å². The highest BCUT2D eigenvalue weighted by Gasteiger charge is 2.35. The summed E-state index contributed by atoms with van der Waals surface area (Å²) in [5, 5.41) is 0. The third-order valence-corrected chi connectivity index (χ3v) is 3.23. The van der Waals surface area contributed by atoms with Crippen LogP contribution in [0.2, 0.25) is 0 Å². The monoisotopic (exact) mass is 172 g/mol. The molecule has 12 heavy (non-hydrogen) atoms. The van der Waals surface area contributed by atoms with Gasteiger partial charge in [-0.15, -0.1) is 0 Å². The molecule has 0 spiro atoms. The predicted octanol–water partition coefficient (Wildman–Crippen LogP) is 2.62. The topological polar surface area (TPSA) is 26.3 Å². The molecule has 0 rings (SSSR count). The van der Waals surface area contributed by atoms with Crippen molar-refractivity contribution in [2.45, 2.75) is 41.0 Å². The highest BCUT2D eigenvalue weighted by Crippen LogP contribution is 2.40. The van der Waals surface area contributed by atoms with Gasteiger partial charge in [-0.2, -0.15) is 0 Å². The van der Waals surface area contributed by atoms with Gasteiger partial charge < -0.3 is 4.74 Å². The van der Waals surface area contributed by atoms with Gasteiger partial charge >= 0.3 is 0 Å². The summed E-state index contributed by atoms with van der Waals surface area (Å²) in [7, 11) is 0. The molecule has 0 fully saturated rings. The minimum absolute atomic E-state index is 0.0443. The summed E-state index contributed by atoms with van der Waals surface area (Å²) in [5.74, 6) is 0. The lowest BCUT2D eigenvalue weighted by molar-refractivity contribution is -0.134. The van der Waals surface area contributed by atoms with E-state index in [2.05, 4.69) is 34.6 Å². The van der Waals surface area contributed by atoms with Crippen molar-refractivity contribution in [1.82, 2.24) is 0 Å². The average Bonchev–Trinajstić information content (AvgIpc) is 2.00. The van der Waals surface area contributed by atoms with Crippen molar-refractivity contribution in [3.63, 3.8) is 0 Å². The van der Waals surface area contributed by atoms with E-state index in [-0.39, 0.29) is 10.8 Å². The molecule has 0 saturated heterocycles. The minimum Gasteiger partial charge on any atom is -0.467 e. The standard InChI is InChI=1S/C10H20O2/c1-6-9(2,3)10(4,5)7-12-8-11/h8H,6-7H2,1-5H3. The normalized spacial score (nSPS) is 12.8. The molecule has 0 N–H and O–H groups in total. The molecule has 72 valence electrons. The van der Waals surface area contributed by atoms with Crippen LogP contribution in [0.5, 0.6) is 0 Å². The van der Waals surface area contributed by atoms with E-state index in [0.29, 0.717) is 13.1 Å². The lowest BCUT2D eigenvalue weighted by atomic mass is 9.67. The first-order chi connectivity index (χ1) is 5.37. The molecule has 0 heterocycles. The van der Waals surface area contributed by atoms with E-state index >= 15 is 0 Å². The smallest absolute Gasteiger partial charge is 0.293 e. The van der Waals surface area contributed by atoms with E-state index in [9.17, 15) is 4.79 Å². The summed E-state index contributed by atoms with van der Waals surface area (Å²) in [6, 6.07) is 0. The predicted molar refractivity (Wildman–Crippen MR) is 49.9 cm³/mol. The molecule has 0 amide bonds. The van der Waals surface area contributed by atoms with Crippen LogP contribution in [-0.2, 0) is 9.53 Å². The highest BCUT2D eigenvalue weighted by molar-refractivity contribution is 5.37. The van der Waals surface area contributed by atoms with E-state index in [1.807, 2.05) is 0 Å². The SMILES string of the molecule is CCC(C)(C)C(C)(C)COC=O. The van der Waals surface area contributed by atoms with Gasteiger partial charge in [0.05, 0.1) is 6.61 Å². The second-order valence-electron chi connectivity index (χ2n) is 4.53. The molecule has 2 nitrogen and oxygen atoms in total. The summed E-state index contributed by atoms with van der Waals surface area (Å²) in [5.41, 5.74) is 0.249. The summed E-state index contributed by atoms with van der Waals surface area (Å²) in [4.78, 5) is 10.0. The molecule has 0 aromatic carbocycles. The third kappa shape index (κ3) is 2.50. The van der Waals surface area contributed by atoms with Gasteiger partial charge in [0.25, 0.3) is 6.47 Å². The van der Waals surface area contributed by atoms with Crippen LogP contribution in [0.3, 0.4) is 0 Å². The number of rotatable bonds is 5. The van der Waals surface area contributed by atoms with Crippen molar-refractivity contribution in [2.75, 3.05) is 6.61 Å². The number of hydrogen-bond donors (Lipinski definition) is 0. The number of carbonyl (C=O) groups excluding carboxylic acids is 1. The number of hydrogen-bond acceptors (Lipinski definition) is 2. The van der Waals surface area contributed by atoms with E-state index < -0.39 is 0 Å². The maximum Gasteiger partial charge on any atom is 0.293 e. The Balaban J connectivity index is 4.26. The van der Waals surface area contributed by atoms with Gasteiger partial charge in [0.1, 0.15) is 0 Å². The molecule has 0 aliphatic heterocycles. The number of carbonyl (C=O) groups is 1. The van der Waals surface area contributed by atoms with Gasteiger partial charge in [0.2, 0.25) is 0 Å². The van der Waals surface area contributed by atoms with Crippen LogP contribution >= 0.6 is 0 Å². The average molecular weight is 172 g/mol. The molecule has 0 unspecified atom stereocenters. The Hall–Kier alpha value is -0.530. The fourth-order valence-corrected chi connectivity index (χ4v) is 0.916. The first kappa shape index (κ1) is 11.5. The van der Waals surface area contributed by atoms with Gasteiger partial charge in [0, 0.05) is 5.41 Å². The molecule has 0 bridgehead atoms. The quantitative estimate of drug-likeness (QED) is 0.596. The van der Waals surface area contributed by atoms with E-state index in [1.165, 1.54) is 0 Å². The van der Waals surface area contributed by atoms with Crippen LogP contribution < -0.4 is 0 Å². The van der Waals surface area contributed by atoms with Gasteiger partial charge in [-0.05, 0) is 5.41 Å². The van der Waals surface area contributed by atoms with Gasteiger partial charge in [0.15, 0.2) is 0 Å². The lowest BCUT2D eigenvalue weighted by Crippen LogP contribution is -2.36. The second kappa shape index (κ2) is 3.92. The molecule has 0 saturated carbocycles. The van der Waals surface area contributed by atoms with E-state index in [4.69, 9.17) is 4.74 Å². The zero-order valence-corrected chi connectivity index (χ0v) is 8.81. The fraction of sp³-hybridized carbons (Fsp3) is 0.900. The zero-order chi connectivity index (χ0) is 9.83. The van der Waals surface area contributed by atoms with Crippen molar-refractivity contribution in [3.05, 3.63) is 0 Å². The highest BCUT2D eigenvalue weighted by atomic mass is 16.5. The van der Waals surface area contributed by atoms with Crippen molar-refractivity contribution in [1.29, 1.82) is 0 Å². The Morgan fingerprint density at radius 1 is 1.17 bits per heavy atom. The first-order valence-electron chi connectivity index (χ1n) is 4.42. The molecular weight excluding hydrogens is 152 g/mol. The Morgan fingerprint density at radius 3 is 2.00 bits per heavy atom. The molecular formula is C10H20O2. The van der Waals surface area contributed by atoms with Gasteiger partial charge in [-0.25, -0.2) is 0 Å². The largest absolute Gasteiger partial charge is 0.467 e. The Kier molecular flexibility index (Phi) is 3.75. The maximum atomic E-state index is 10.0. The summed E-state index contributed by atoms with van der Waals surface area (Å²) < 4.78 is 4.81. The van der Waals surface area contributed by atoms with Crippen LogP contribution in [0.4, 0.5) is 0 Å². The lowest BCUT2D eigenvalue weighted by Gasteiger charge is -2.40. The Morgan fingerprint density at radius 2 is 1.67 bits per heavy atom. The summed E-state index contributed by atoms with van der Waals surface area (Å²) >= 11 is 0. The maximum absolute atomic E-state index is 10.0. The fourth-order valence-electron chi connectivity index (χ4n) is 0.916. The number of ether oxygens (including phenoxy) is 1. The minimum atomic E-state index is 0.0443. The molecule has 0 aliphatic rings. The van der Waals surface area contributed by atoms with E-state index in [0.717, 1.165) is 6.42 Å². The van der Waals surface area contributed by atoms with Crippen molar-refractivity contribution in [2.24, 2.45) is 10.8 Å². The van der Waals surface area contributed by atoms with Gasteiger partial charge in [-0.1, -0.05) is 41.0 Å². The summed E-state index contributed by atoms with van der Waals surface area (Å²) in [6.45, 7) is 11.8. The van der Waals surface area contributed by atoms with Crippen LogP contribution in [0.1, 0.15) is 41.0 Å². The Bertz CT molecular complexity index is 148. The van der Waals surface area contributed by atoms with Crippen molar-refractivity contribution in [3.8, 4) is 0 Å².